The number of hydrogen-bond donors (Lipinski definition) is 4. The number of aromatic amines is 2. The van der Waals surface area contributed by atoms with E-state index in [1.807, 2.05) is 18.2 Å². The van der Waals surface area contributed by atoms with Gasteiger partial charge >= 0.3 is 0 Å². The van der Waals surface area contributed by atoms with E-state index in [1.54, 1.807) is 36.9 Å². The number of nitrogens with two attached hydrogens (primary N) is 1. The largest absolute Gasteiger partial charge is 0.353 e. The van der Waals surface area contributed by atoms with Crippen molar-refractivity contribution in [3.63, 3.8) is 0 Å². The number of carbonyl (C=O) groups is 1. The van der Waals surface area contributed by atoms with Crippen LogP contribution in [0.1, 0.15) is 36.6 Å². The number of nitrogens with one attached hydrogen (secondary N) is 3. The van der Waals surface area contributed by atoms with Crippen LogP contribution in [0.25, 0.3) is 55.7 Å². The van der Waals surface area contributed by atoms with Gasteiger partial charge in [-0.3, -0.25) is 19.9 Å². The fourth-order valence-corrected chi connectivity index (χ4v) is 6.57. The van der Waals surface area contributed by atoms with Crippen molar-refractivity contribution in [1.29, 1.82) is 0 Å². The first-order chi connectivity index (χ1) is 21.6. The molecule has 0 saturated heterocycles. The zero-order chi connectivity index (χ0) is 31.3. The third kappa shape index (κ3) is 5.56. The number of H-pyrrole nitrogens is 2. The van der Waals surface area contributed by atoms with Crippen molar-refractivity contribution in [2.45, 2.75) is 31.1 Å². The summed E-state index contributed by atoms with van der Waals surface area (Å²) in [5.74, 6) is -0.552. The second-order valence-electron chi connectivity index (χ2n) is 11.5. The minimum Gasteiger partial charge on any atom is -0.353 e. The van der Waals surface area contributed by atoms with Crippen molar-refractivity contribution in [2.75, 3.05) is 11.6 Å². The highest BCUT2D eigenvalue weighted by Crippen LogP contribution is 2.35. The molecule has 1 saturated carbocycles. The third-order valence-electron chi connectivity index (χ3n) is 8.28. The lowest BCUT2D eigenvalue weighted by atomic mass is 10.0. The third-order valence-corrected chi connectivity index (χ3v) is 9.47. The van der Waals surface area contributed by atoms with Crippen LogP contribution in [0.4, 0.5) is 10.1 Å². The number of rotatable bonds is 7. The zero-order valence-corrected chi connectivity index (χ0v) is 25.0. The van der Waals surface area contributed by atoms with Crippen LogP contribution < -0.4 is 11.1 Å². The molecule has 0 spiro atoms. The topological polar surface area (TPSA) is 172 Å². The molecule has 1 amide bonds. The number of aromatic nitrogens is 6. The van der Waals surface area contributed by atoms with Gasteiger partial charge in [-0.25, -0.2) is 17.8 Å². The highest BCUT2D eigenvalue weighted by molar-refractivity contribution is 7.90. The Morgan fingerprint density at radius 1 is 1.00 bits per heavy atom. The smallest absolute Gasteiger partial charge is 0.227 e. The second kappa shape index (κ2) is 11.2. The quantitative estimate of drug-likeness (QED) is 0.180. The first-order valence-corrected chi connectivity index (χ1v) is 16.4. The van der Waals surface area contributed by atoms with Crippen LogP contribution in [0, 0.1) is 11.7 Å². The fourth-order valence-electron chi connectivity index (χ4n) is 5.94. The van der Waals surface area contributed by atoms with E-state index in [0.29, 0.717) is 39.4 Å². The van der Waals surface area contributed by atoms with E-state index < -0.39 is 21.0 Å². The van der Waals surface area contributed by atoms with Crippen molar-refractivity contribution < 1.29 is 17.6 Å². The molecule has 228 valence electrons. The summed E-state index contributed by atoms with van der Waals surface area (Å²) in [7, 11) is -3.65. The van der Waals surface area contributed by atoms with Crippen molar-refractivity contribution >= 4 is 43.4 Å². The molecule has 0 aliphatic heterocycles. The summed E-state index contributed by atoms with van der Waals surface area (Å²) < 4.78 is 38.8. The van der Waals surface area contributed by atoms with Gasteiger partial charge in [-0.15, -0.1) is 0 Å². The van der Waals surface area contributed by atoms with E-state index in [1.165, 1.54) is 6.07 Å². The Hall–Kier alpha value is -5.01. The fraction of sp³-hybridized carbons (Fsp3) is 0.219. The van der Waals surface area contributed by atoms with Crippen molar-refractivity contribution in [1.82, 2.24) is 30.1 Å². The Kier molecular flexibility index (Phi) is 7.13. The number of anilines is 1. The molecule has 7 rings (SSSR count). The molecule has 6 aromatic rings. The van der Waals surface area contributed by atoms with Crippen LogP contribution in [0.2, 0.25) is 0 Å². The van der Waals surface area contributed by atoms with E-state index in [-0.39, 0.29) is 17.4 Å². The van der Waals surface area contributed by atoms with Gasteiger partial charge in [-0.2, -0.15) is 5.10 Å². The Labute approximate surface area is 257 Å². The van der Waals surface area contributed by atoms with Gasteiger partial charge in [0.2, 0.25) is 5.91 Å². The highest BCUT2D eigenvalue weighted by atomic mass is 32.2. The van der Waals surface area contributed by atoms with Gasteiger partial charge in [0.05, 0.1) is 29.0 Å². The van der Waals surface area contributed by atoms with Crippen LogP contribution in [-0.2, 0) is 14.6 Å². The van der Waals surface area contributed by atoms with Crippen molar-refractivity contribution in [2.24, 2.45) is 11.7 Å². The lowest BCUT2D eigenvalue weighted by Crippen LogP contribution is -2.20. The van der Waals surface area contributed by atoms with Crippen LogP contribution >= 0.6 is 0 Å². The van der Waals surface area contributed by atoms with E-state index in [0.717, 1.165) is 60.0 Å². The monoisotopic (exact) mass is 624 g/mol. The van der Waals surface area contributed by atoms with Crippen LogP contribution in [-0.4, -0.2) is 50.7 Å². The average molecular weight is 625 g/mol. The Balaban J connectivity index is 1.25. The number of halogens is 1. The minimum atomic E-state index is -3.65. The number of amides is 1. The van der Waals surface area contributed by atoms with Gasteiger partial charge in [0, 0.05) is 63.7 Å². The minimum absolute atomic E-state index is 0.0255. The molecular weight excluding hydrogens is 595 g/mol. The molecule has 11 nitrogen and oxygen atoms in total. The maximum Gasteiger partial charge on any atom is 0.227 e. The standard InChI is InChI=1S/C32H29FN8O3S/c1-45(43,44)30(34)19-8-18(9-22(33)10-19)28-24-13-27(39-26(24)6-7-36-28)29-25-12-21(15-37-31(25)41-40-29)20-11-23(16-35-14-20)38-32(42)17-4-2-3-5-17/h6-17,30,39H,2-5,34H2,1H3,(H,38,42)(H,37,40,41). The predicted octanol–water partition coefficient (Wildman–Crippen LogP) is 5.50. The predicted molar refractivity (Wildman–Crippen MR) is 170 cm³/mol. The number of hydrogen-bond acceptors (Lipinski definition) is 8. The van der Waals surface area contributed by atoms with Gasteiger partial charge < -0.3 is 16.0 Å². The number of benzene rings is 1. The summed E-state index contributed by atoms with van der Waals surface area (Å²) in [5.41, 5.74) is 11.7. The first-order valence-electron chi connectivity index (χ1n) is 14.5. The molecule has 0 bridgehead atoms. The molecule has 45 heavy (non-hydrogen) atoms. The Morgan fingerprint density at radius 2 is 1.80 bits per heavy atom. The summed E-state index contributed by atoms with van der Waals surface area (Å²) >= 11 is 0. The molecular formula is C32H29FN8O3S. The molecule has 1 unspecified atom stereocenters. The second-order valence-corrected chi connectivity index (χ2v) is 13.6. The van der Waals surface area contributed by atoms with Gasteiger partial charge in [-0.05, 0) is 60.9 Å². The van der Waals surface area contributed by atoms with Gasteiger partial charge in [0.25, 0.3) is 0 Å². The summed E-state index contributed by atoms with van der Waals surface area (Å²) in [6.07, 6.45) is 11.7. The number of nitrogens with zero attached hydrogens (tertiary/aromatic N) is 4. The highest BCUT2D eigenvalue weighted by Gasteiger charge is 2.23. The molecule has 5 heterocycles. The normalized spacial score (nSPS) is 14.7. The van der Waals surface area contributed by atoms with E-state index >= 15 is 0 Å². The molecule has 1 aliphatic rings. The number of carbonyl (C=O) groups excluding carboxylic acids is 1. The van der Waals surface area contributed by atoms with E-state index in [2.05, 4.69) is 35.5 Å². The number of pyridine rings is 3. The molecule has 1 aliphatic carbocycles. The SMILES string of the molecule is CS(=O)(=O)C(N)c1cc(F)cc(-c2nccc3[nH]c(-c4[nH]nc5ncc(-c6cncc(NC(=O)C7CCCC7)c6)cc45)cc23)c1. The molecule has 1 atom stereocenters. The number of fused-ring (bicyclic) bond motifs is 2. The van der Waals surface area contributed by atoms with Crippen molar-refractivity contribution in [3.8, 4) is 33.8 Å². The molecule has 5 aromatic heterocycles. The van der Waals surface area contributed by atoms with E-state index in [4.69, 9.17) is 5.73 Å². The van der Waals surface area contributed by atoms with Crippen LogP contribution in [0.5, 0.6) is 0 Å². The first kappa shape index (κ1) is 28.7. The maximum absolute atomic E-state index is 14.7. The lowest BCUT2D eigenvalue weighted by molar-refractivity contribution is -0.119. The van der Waals surface area contributed by atoms with Gasteiger partial charge in [0.1, 0.15) is 11.2 Å². The molecule has 5 N–H and O–H groups in total. The van der Waals surface area contributed by atoms with Gasteiger partial charge in [-0.1, -0.05) is 12.8 Å². The van der Waals surface area contributed by atoms with Gasteiger partial charge in [0.15, 0.2) is 15.5 Å². The Bertz CT molecular complexity index is 2210. The summed E-state index contributed by atoms with van der Waals surface area (Å²) in [4.78, 5) is 29.4. The summed E-state index contributed by atoms with van der Waals surface area (Å²) in [6, 6.07) is 11.5. The Morgan fingerprint density at radius 3 is 2.60 bits per heavy atom. The lowest BCUT2D eigenvalue weighted by Gasteiger charge is -2.12. The molecule has 1 fully saturated rings. The average Bonchev–Trinajstić information content (AvgIpc) is 3.79. The molecule has 0 radical (unpaired) electrons. The van der Waals surface area contributed by atoms with Crippen LogP contribution in [0.15, 0.2) is 67.3 Å². The summed E-state index contributed by atoms with van der Waals surface area (Å²) in [5, 5.41) is 10.5. The van der Waals surface area contributed by atoms with Crippen LogP contribution in [0.3, 0.4) is 0 Å². The molecule has 13 heteroatoms. The number of sulfone groups is 1. The van der Waals surface area contributed by atoms with E-state index in [9.17, 15) is 17.6 Å². The molecule has 1 aromatic carbocycles. The maximum atomic E-state index is 14.7. The summed E-state index contributed by atoms with van der Waals surface area (Å²) in [6.45, 7) is 0. The zero-order valence-electron chi connectivity index (χ0n) is 24.2. The van der Waals surface area contributed by atoms with Crippen molar-refractivity contribution in [3.05, 3.63) is 78.6 Å².